The van der Waals surface area contributed by atoms with Gasteiger partial charge in [-0.3, -0.25) is 4.79 Å². The molecule has 1 amide bonds. The summed E-state index contributed by atoms with van der Waals surface area (Å²) in [5.74, 6) is 0.862. The summed E-state index contributed by atoms with van der Waals surface area (Å²) in [5.41, 5.74) is 0. The van der Waals surface area contributed by atoms with E-state index in [0.717, 1.165) is 32.3 Å². The van der Waals surface area contributed by atoms with Crippen LogP contribution < -0.4 is 0 Å². The Labute approximate surface area is 326 Å². The van der Waals surface area contributed by atoms with Crippen molar-refractivity contribution in [3.05, 3.63) is 12.2 Å². The molecule has 6 nitrogen and oxygen atoms in total. The number of hydrogen-bond acceptors (Lipinski definition) is 5. The SMILES string of the molecule is CCCCCCCC/C=C\CCCCCCCC=O.CCCCCCCCC(CCCCCC)COCCN(CCOC)C(=O)CC(C)N(C)CC. The molecule has 0 aromatic rings. The Morgan fingerprint density at radius 1 is 0.615 bits per heavy atom. The van der Waals surface area contributed by atoms with E-state index in [-0.39, 0.29) is 11.9 Å². The molecule has 0 N–H and O–H groups in total. The summed E-state index contributed by atoms with van der Waals surface area (Å²) in [7, 11) is 3.77. The zero-order chi connectivity index (χ0) is 38.8. The van der Waals surface area contributed by atoms with Crippen molar-refractivity contribution < 1.29 is 19.1 Å². The molecule has 0 aromatic carbocycles. The molecule has 0 radical (unpaired) electrons. The number of carbonyl (C=O) groups is 2. The first-order valence-corrected chi connectivity index (χ1v) is 22.5. The van der Waals surface area contributed by atoms with Crippen molar-refractivity contribution in [3.8, 4) is 0 Å². The molecule has 0 aliphatic rings. The second-order valence-electron chi connectivity index (χ2n) is 15.4. The number of methoxy groups -OCH3 is 1. The summed E-state index contributed by atoms with van der Waals surface area (Å²) < 4.78 is 11.4. The molecule has 0 heterocycles. The van der Waals surface area contributed by atoms with Gasteiger partial charge in [0.1, 0.15) is 6.29 Å². The average molecular weight is 737 g/mol. The van der Waals surface area contributed by atoms with Crippen LogP contribution in [0.3, 0.4) is 0 Å². The number of unbranched alkanes of at least 4 members (excludes halogenated alkanes) is 20. The second-order valence-corrected chi connectivity index (χ2v) is 15.4. The van der Waals surface area contributed by atoms with Gasteiger partial charge >= 0.3 is 0 Å². The van der Waals surface area contributed by atoms with Crippen molar-refractivity contribution in [2.75, 3.05) is 53.6 Å². The van der Waals surface area contributed by atoms with Crippen molar-refractivity contribution in [1.29, 1.82) is 0 Å². The number of nitrogens with zero attached hydrogens (tertiary/aromatic N) is 2. The number of aldehydes is 1. The van der Waals surface area contributed by atoms with Gasteiger partial charge in [0.05, 0.1) is 13.2 Å². The molecule has 0 saturated heterocycles. The lowest BCUT2D eigenvalue weighted by Crippen LogP contribution is -2.41. The van der Waals surface area contributed by atoms with Gasteiger partial charge in [-0.05, 0) is 71.4 Å². The molecule has 310 valence electrons. The van der Waals surface area contributed by atoms with Gasteiger partial charge in [0.15, 0.2) is 0 Å². The van der Waals surface area contributed by atoms with E-state index in [9.17, 15) is 9.59 Å². The zero-order valence-corrected chi connectivity index (χ0v) is 36.2. The zero-order valence-electron chi connectivity index (χ0n) is 36.2. The third-order valence-electron chi connectivity index (χ3n) is 10.5. The van der Waals surface area contributed by atoms with E-state index >= 15 is 0 Å². The van der Waals surface area contributed by atoms with E-state index in [0.29, 0.717) is 38.6 Å². The molecule has 0 aromatic heterocycles. The summed E-state index contributed by atoms with van der Waals surface area (Å²) in [6.45, 7) is 15.3. The maximum atomic E-state index is 12.8. The van der Waals surface area contributed by atoms with E-state index in [1.165, 1.54) is 154 Å². The fourth-order valence-corrected chi connectivity index (χ4v) is 6.52. The molecule has 2 unspecified atom stereocenters. The number of allylic oxidation sites excluding steroid dienone is 2. The van der Waals surface area contributed by atoms with Crippen molar-refractivity contribution in [3.63, 3.8) is 0 Å². The fraction of sp³-hybridized carbons (Fsp3) is 0.913. The predicted octanol–water partition coefficient (Wildman–Crippen LogP) is 12.8. The summed E-state index contributed by atoms with van der Waals surface area (Å²) >= 11 is 0. The quantitative estimate of drug-likeness (QED) is 0.0357. The van der Waals surface area contributed by atoms with Gasteiger partial charge in [0.25, 0.3) is 0 Å². The second kappa shape index (κ2) is 44.2. The lowest BCUT2D eigenvalue weighted by molar-refractivity contribution is -0.133. The smallest absolute Gasteiger partial charge is 0.224 e. The molecule has 0 bridgehead atoms. The number of carbonyl (C=O) groups excluding carboxylic acids is 2. The van der Waals surface area contributed by atoms with Crippen LogP contribution >= 0.6 is 0 Å². The van der Waals surface area contributed by atoms with Crippen LogP contribution in [0, 0.1) is 5.92 Å². The summed E-state index contributed by atoms with van der Waals surface area (Å²) in [6, 6.07) is 0.248. The molecular formula is C46H92N2O4. The van der Waals surface area contributed by atoms with Crippen LogP contribution in [-0.2, 0) is 19.1 Å². The monoisotopic (exact) mass is 737 g/mol. The lowest BCUT2D eigenvalue weighted by Gasteiger charge is -2.27. The average Bonchev–Trinajstić information content (AvgIpc) is 3.15. The molecule has 6 heteroatoms. The molecule has 0 saturated carbocycles. The Kier molecular flexibility index (Phi) is 44.9. The first-order chi connectivity index (χ1) is 25.4. The van der Waals surface area contributed by atoms with Crippen LogP contribution in [0.5, 0.6) is 0 Å². The Balaban J connectivity index is 0. The van der Waals surface area contributed by atoms with Gasteiger partial charge in [-0.2, -0.15) is 0 Å². The summed E-state index contributed by atoms with van der Waals surface area (Å²) in [5, 5.41) is 0. The minimum atomic E-state index is 0.201. The number of ether oxygens (including phenoxy) is 2. The number of rotatable bonds is 39. The summed E-state index contributed by atoms with van der Waals surface area (Å²) in [4.78, 5) is 27.1. The van der Waals surface area contributed by atoms with Crippen LogP contribution in [0.25, 0.3) is 0 Å². The highest BCUT2D eigenvalue weighted by Gasteiger charge is 2.19. The van der Waals surface area contributed by atoms with Gasteiger partial charge in [-0.15, -0.1) is 0 Å². The Morgan fingerprint density at radius 2 is 1.06 bits per heavy atom. The van der Waals surface area contributed by atoms with Gasteiger partial charge < -0.3 is 24.1 Å². The van der Waals surface area contributed by atoms with Crippen molar-refractivity contribution in [1.82, 2.24) is 9.80 Å². The van der Waals surface area contributed by atoms with Crippen molar-refractivity contribution in [2.24, 2.45) is 5.92 Å². The van der Waals surface area contributed by atoms with Crippen LogP contribution in [0.4, 0.5) is 0 Å². The maximum absolute atomic E-state index is 12.8. The van der Waals surface area contributed by atoms with Crippen molar-refractivity contribution in [2.45, 2.75) is 214 Å². The van der Waals surface area contributed by atoms with Crippen LogP contribution in [0.2, 0.25) is 0 Å². The van der Waals surface area contributed by atoms with Crippen LogP contribution in [0.15, 0.2) is 12.2 Å². The van der Waals surface area contributed by atoms with Gasteiger partial charge in [0.2, 0.25) is 5.91 Å². The Morgan fingerprint density at radius 3 is 1.54 bits per heavy atom. The minimum absolute atomic E-state index is 0.201. The highest BCUT2D eigenvalue weighted by Crippen LogP contribution is 2.19. The maximum Gasteiger partial charge on any atom is 0.224 e. The molecule has 0 spiro atoms. The number of amides is 1. The van der Waals surface area contributed by atoms with E-state index in [1.807, 2.05) is 4.90 Å². The first-order valence-electron chi connectivity index (χ1n) is 22.5. The van der Waals surface area contributed by atoms with Crippen LogP contribution in [0.1, 0.15) is 208 Å². The Bertz CT molecular complexity index is 746. The molecule has 0 aliphatic carbocycles. The van der Waals surface area contributed by atoms with Crippen molar-refractivity contribution >= 4 is 12.2 Å². The summed E-state index contributed by atoms with van der Waals surface area (Å²) in [6.07, 6.45) is 40.1. The topological polar surface area (TPSA) is 59.1 Å². The highest BCUT2D eigenvalue weighted by atomic mass is 16.5. The van der Waals surface area contributed by atoms with E-state index < -0.39 is 0 Å². The third kappa shape index (κ3) is 38.5. The number of hydrogen-bond donors (Lipinski definition) is 0. The van der Waals surface area contributed by atoms with Crippen LogP contribution in [-0.4, -0.2) is 81.6 Å². The van der Waals surface area contributed by atoms with Gasteiger partial charge in [-0.25, -0.2) is 0 Å². The standard InChI is InChI=1S/C28H58N2O3.C18H34O/c1-7-10-12-14-15-17-19-27(18-16-13-11-8-2)25-33-23-21-30(20-22-32-6)28(31)24-26(4)29(5)9-3;1-2-3-4-5-6-7-8-9-10-11-12-13-14-15-16-17-18-19/h26-27H,7-25H2,1-6H3;9-10,18H,2-8,11-17H2,1H3/b;10-9-. The van der Waals surface area contributed by atoms with E-state index in [2.05, 4.69) is 58.7 Å². The molecule has 2 atom stereocenters. The van der Waals surface area contributed by atoms with E-state index in [1.54, 1.807) is 7.11 Å². The first kappa shape index (κ1) is 52.9. The molecular weight excluding hydrogens is 645 g/mol. The van der Waals surface area contributed by atoms with E-state index in [4.69, 9.17) is 9.47 Å². The van der Waals surface area contributed by atoms with Gasteiger partial charge in [-0.1, -0.05) is 155 Å². The highest BCUT2D eigenvalue weighted by molar-refractivity contribution is 5.76. The molecule has 0 aliphatic heterocycles. The predicted molar refractivity (Wildman–Crippen MR) is 227 cm³/mol. The minimum Gasteiger partial charge on any atom is -0.383 e. The van der Waals surface area contributed by atoms with Gasteiger partial charge in [0, 0.05) is 45.7 Å². The third-order valence-corrected chi connectivity index (χ3v) is 10.5. The Hall–Kier alpha value is -1.24. The molecule has 0 fully saturated rings. The molecule has 0 rings (SSSR count). The largest absolute Gasteiger partial charge is 0.383 e. The fourth-order valence-electron chi connectivity index (χ4n) is 6.52. The normalized spacial score (nSPS) is 12.6. The molecule has 52 heavy (non-hydrogen) atoms. The lowest BCUT2D eigenvalue weighted by atomic mass is 9.95.